The molecule has 0 unspecified atom stereocenters. The fourth-order valence-electron chi connectivity index (χ4n) is 2.23. The van der Waals surface area contributed by atoms with Gasteiger partial charge in [0.1, 0.15) is 5.75 Å². The van der Waals surface area contributed by atoms with Crippen molar-refractivity contribution in [2.75, 3.05) is 6.61 Å². The summed E-state index contributed by atoms with van der Waals surface area (Å²) >= 11 is 0. The number of carbonyl (C=O) groups excluding carboxylic acids is 1. The van der Waals surface area contributed by atoms with Crippen molar-refractivity contribution in [3.05, 3.63) is 29.8 Å². The molecule has 1 saturated heterocycles. The van der Waals surface area contributed by atoms with Crippen LogP contribution >= 0.6 is 0 Å². The van der Waals surface area contributed by atoms with Crippen LogP contribution in [-0.4, -0.2) is 36.0 Å². The smallest absolute Gasteiger partial charge is 0.494 e. The van der Waals surface area contributed by atoms with E-state index in [4.69, 9.17) is 14.0 Å². The maximum atomic E-state index is 11.4. The molecule has 124 valence electrons. The van der Waals surface area contributed by atoms with E-state index in [1.807, 2.05) is 33.8 Å². The molecule has 5 nitrogen and oxygen atoms in total. The normalized spacial score (nSPS) is 19.3. The number of benzene rings is 1. The lowest BCUT2D eigenvalue weighted by molar-refractivity contribution is -0.137. The molecule has 0 amide bonds. The average Bonchev–Trinajstić information content (AvgIpc) is 2.65. The fourth-order valence-corrected chi connectivity index (χ4v) is 2.23. The first-order valence-corrected chi connectivity index (χ1v) is 7.69. The molecular formula is C17H23BO5. The van der Waals surface area contributed by atoms with E-state index in [1.54, 1.807) is 25.1 Å². The average molecular weight is 318 g/mol. The van der Waals surface area contributed by atoms with Gasteiger partial charge in [0.2, 0.25) is 0 Å². The number of phenolic OH excluding ortho intramolecular Hbond substituents is 1. The minimum absolute atomic E-state index is 0.0840. The van der Waals surface area contributed by atoms with E-state index in [0.29, 0.717) is 17.6 Å². The highest BCUT2D eigenvalue weighted by Crippen LogP contribution is 2.36. The third-order valence-corrected chi connectivity index (χ3v) is 4.19. The molecule has 1 aromatic rings. The van der Waals surface area contributed by atoms with Gasteiger partial charge in [-0.3, -0.25) is 0 Å². The van der Waals surface area contributed by atoms with Crippen LogP contribution in [0, 0.1) is 0 Å². The zero-order chi connectivity index (χ0) is 17.3. The number of hydrogen-bond acceptors (Lipinski definition) is 5. The Hall–Kier alpha value is -1.79. The summed E-state index contributed by atoms with van der Waals surface area (Å²) in [6.45, 7) is 9.95. The van der Waals surface area contributed by atoms with Gasteiger partial charge < -0.3 is 19.2 Å². The molecule has 0 atom stereocenters. The van der Waals surface area contributed by atoms with Gasteiger partial charge in [-0.15, -0.1) is 0 Å². The predicted octanol–water partition coefficient (Wildman–Crippen LogP) is 2.27. The maximum absolute atomic E-state index is 11.4. The summed E-state index contributed by atoms with van der Waals surface area (Å²) in [5, 5.41) is 9.92. The quantitative estimate of drug-likeness (QED) is 0.524. The maximum Gasteiger partial charge on any atom is 0.494 e. The van der Waals surface area contributed by atoms with E-state index < -0.39 is 24.3 Å². The van der Waals surface area contributed by atoms with Crippen molar-refractivity contribution in [1.82, 2.24) is 0 Å². The molecule has 2 rings (SSSR count). The van der Waals surface area contributed by atoms with E-state index >= 15 is 0 Å². The Morgan fingerprint density at radius 3 is 2.39 bits per heavy atom. The zero-order valence-electron chi connectivity index (χ0n) is 14.3. The molecule has 1 aliphatic rings. The van der Waals surface area contributed by atoms with Gasteiger partial charge in [0.25, 0.3) is 0 Å². The van der Waals surface area contributed by atoms with Crippen LogP contribution in [0.4, 0.5) is 0 Å². The van der Waals surface area contributed by atoms with Crippen LogP contribution in [0.1, 0.15) is 40.2 Å². The van der Waals surface area contributed by atoms with Crippen LogP contribution < -0.4 is 5.46 Å². The molecule has 0 radical (unpaired) electrons. The molecule has 1 fully saturated rings. The molecule has 6 heteroatoms. The first-order valence-electron chi connectivity index (χ1n) is 7.69. The third-order valence-electron chi connectivity index (χ3n) is 4.19. The summed E-state index contributed by atoms with van der Waals surface area (Å²) in [6, 6.07) is 4.98. The Bertz CT molecular complexity index is 605. The van der Waals surface area contributed by atoms with Crippen molar-refractivity contribution in [1.29, 1.82) is 0 Å². The standard InChI is InChI=1S/C17H23BO5/c1-6-21-15(20)8-7-12-9-13(11-14(19)10-12)18-22-16(2,3)17(4,5)23-18/h7-11,19H,6H2,1-5H3/b8-7+. The number of esters is 1. The highest BCUT2D eigenvalue weighted by Gasteiger charge is 2.51. The summed E-state index contributed by atoms with van der Waals surface area (Å²) in [5.74, 6) is -0.339. The molecule has 0 bridgehead atoms. The topological polar surface area (TPSA) is 65.0 Å². The Kier molecular flexibility index (Phi) is 4.87. The van der Waals surface area contributed by atoms with E-state index in [1.165, 1.54) is 6.08 Å². The minimum Gasteiger partial charge on any atom is -0.508 e. The lowest BCUT2D eigenvalue weighted by atomic mass is 9.78. The van der Waals surface area contributed by atoms with Crippen molar-refractivity contribution in [2.45, 2.75) is 45.8 Å². The van der Waals surface area contributed by atoms with Crippen LogP contribution in [0.15, 0.2) is 24.3 Å². The highest BCUT2D eigenvalue weighted by atomic mass is 16.7. The molecular weight excluding hydrogens is 295 g/mol. The second kappa shape index (κ2) is 6.38. The van der Waals surface area contributed by atoms with Crippen LogP contribution in [0.5, 0.6) is 5.75 Å². The van der Waals surface area contributed by atoms with Crippen molar-refractivity contribution in [3.63, 3.8) is 0 Å². The first-order chi connectivity index (χ1) is 10.6. The molecule has 1 aliphatic heterocycles. The Balaban J connectivity index is 2.23. The van der Waals surface area contributed by atoms with E-state index in [-0.39, 0.29) is 5.75 Å². The van der Waals surface area contributed by atoms with Crippen LogP contribution in [0.25, 0.3) is 6.08 Å². The van der Waals surface area contributed by atoms with Crippen LogP contribution in [0.3, 0.4) is 0 Å². The van der Waals surface area contributed by atoms with Gasteiger partial charge in [0, 0.05) is 6.08 Å². The summed E-state index contributed by atoms with van der Waals surface area (Å²) in [7, 11) is -0.568. The van der Waals surface area contributed by atoms with Gasteiger partial charge in [0.05, 0.1) is 17.8 Å². The molecule has 1 heterocycles. The third kappa shape index (κ3) is 3.95. The van der Waals surface area contributed by atoms with Crippen molar-refractivity contribution < 1.29 is 23.9 Å². The van der Waals surface area contributed by atoms with Gasteiger partial charge in [-0.05, 0) is 63.9 Å². The van der Waals surface area contributed by atoms with Crippen LogP contribution in [-0.2, 0) is 18.8 Å². The lowest BCUT2D eigenvalue weighted by Crippen LogP contribution is -2.41. The second-order valence-electron chi connectivity index (χ2n) is 6.53. The Morgan fingerprint density at radius 2 is 1.83 bits per heavy atom. The van der Waals surface area contributed by atoms with Gasteiger partial charge in [0.15, 0.2) is 0 Å². The number of aromatic hydroxyl groups is 1. The van der Waals surface area contributed by atoms with Crippen molar-refractivity contribution in [3.8, 4) is 5.75 Å². The van der Waals surface area contributed by atoms with Crippen LogP contribution in [0.2, 0.25) is 0 Å². The Morgan fingerprint density at radius 1 is 1.22 bits per heavy atom. The fraction of sp³-hybridized carbons (Fsp3) is 0.471. The molecule has 23 heavy (non-hydrogen) atoms. The molecule has 1 N–H and O–H groups in total. The number of phenols is 1. The minimum atomic E-state index is -0.568. The van der Waals surface area contributed by atoms with Gasteiger partial charge in [-0.1, -0.05) is 6.07 Å². The summed E-state index contributed by atoms with van der Waals surface area (Å²) in [5.41, 5.74) is 0.462. The van der Waals surface area contributed by atoms with Gasteiger partial charge in [-0.25, -0.2) is 4.79 Å². The molecule has 0 aliphatic carbocycles. The van der Waals surface area contributed by atoms with E-state index in [9.17, 15) is 9.90 Å². The molecule has 0 saturated carbocycles. The number of carbonyl (C=O) groups is 1. The summed E-state index contributed by atoms with van der Waals surface area (Å²) in [6.07, 6.45) is 2.92. The zero-order valence-corrected chi connectivity index (χ0v) is 14.3. The summed E-state index contributed by atoms with van der Waals surface area (Å²) < 4.78 is 16.8. The van der Waals surface area contributed by atoms with Crippen molar-refractivity contribution in [2.24, 2.45) is 0 Å². The summed E-state index contributed by atoms with van der Waals surface area (Å²) in [4.78, 5) is 11.4. The number of ether oxygens (including phenoxy) is 1. The number of rotatable bonds is 4. The molecule has 0 aromatic heterocycles. The van der Waals surface area contributed by atoms with E-state index in [2.05, 4.69) is 0 Å². The highest BCUT2D eigenvalue weighted by molar-refractivity contribution is 6.62. The monoisotopic (exact) mass is 318 g/mol. The first kappa shape index (κ1) is 17.6. The van der Waals surface area contributed by atoms with E-state index in [0.717, 1.165) is 0 Å². The Labute approximate surface area is 137 Å². The molecule has 0 spiro atoms. The SMILES string of the molecule is CCOC(=O)/C=C/c1cc(O)cc(B2OC(C)(C)C(C)(C)O2)c1. The largest absolute Gasteiger partial charge is 0.508 e. The van der Waals surface area contributed by atoms with Gasteiger partial charge in [-0.2, -0.15) is 0 Å². The van der Waals surface area contributed by atoms with Crippen molar-refractivity contribution >= 4 is 24.6 Å². The predicted molar refractivity (Wildman–Crippen MR) is 89.5 cm³/mol. The number of hydrogen-bond donors (Lipinski definition) is 1. The van der Waals surface area contributed by atoms with Gasteiger partial charge >= 0.3 is 13.1 Å². The lowest BCUT2D eigenvalue weighted by Gasteiger charge is -2.32. The second-order valence-corrected chi connectivity index (χ2v) is 6.53. The molecule has 1 aromatic carbocycles.